The van der Waals surface area contributed by atoms with Crippen molar-refractivity contribution in [1.29, 1.82) is 0 Å². The Morgan fingerprint density at radius 3 is 1.33 bits per heavy atom. The fourth-order valence-electron chi connectivity index (χ4n) is 16.3. The Morgan fingerprint density at radius 2 is 0.711 bits per heavy atom. The minimum absolute atomic E-state index is 0.133. The average Bonchev–Trinajstić information content (AvgIpc) is 1.57. The second-order valence-corrected chi connectivity index (χ2v) is 34.1. The normalized spacial score (nSPS) is 12.0. The first kappa shape index (κ1) is 72.1. The molecule has 0 saturated heterocycles. The molecule has 0 bridgehead atoms. The third-order valence-corrected chi connectivity index (χ3v) is 25.6. The molecule has 0 aliphatic heterocycles. The predicted molar refractivity (Wildman–Crippen MR) is 501 cm³/mol. The Kier molecular flexibility index (Phi) is 19.4. The lowest BCUT2D eigenvalue weighted by Crippen LogP contribution is -2.16. The van der Waals surface area contributed by atoms with Gasteiger partial charge in [0.2, 0.25) is 0 Å². The molecule has 1 aliphatic carbocycles. The fraction of sp³-hybridized carbons (Fsp3) is 0.0286. The number of furan rings is 1. The Morgan fingerprint density at radius 1 is 0.272 bits per heavy atom. The number of anilines is 9. The van der Waals surface area contributed by atoms with E-state index in [1.54, 1.807) is 0 Å². The van der Waals surface area contributed by atoms with Crippen LogP contribution < -0.4 is 14.7 Å². The minimum Gasteiger partial charge on any atom is -0.456 e. The molecule has 0 fully saturated rings. The molecule has 0 amide bonds. The van der Waals surface area contributed by atoms with Crippen LogP contribution in [0.25, 0.3) is 124 Å². The van der Waals surface area contributed by atoms with Crippen molar-refractivity contribution in [3.63, 3.8) is 0 Å². The number of thiophene rings is 2. The first-order valence-electron chi connectivity index (χ1n) is 38.1. The highest BCUT2D eigenvalue weighted by Gasteiger charge is 2.36. The number of fused-ring (bicyclic) bond motifs is 13. The number of para-hydroxylation sites is 5. The lowest BCUT2D eigenvalue weighted by atomic mass is 9.81. The van der Waals surface area contributed by atoms with Crippen LogP contribution in [0, 0.1) is 0 Å². The molecule has 4 nitrogen and oxygen atoms in total. The molecule has 0 N–H and O–H groups in total. The maximum Gasteiger partial charge on any atom is 0.136 e. The number of nitrogens with zero attached hydrogens (tertiary/aromatic N) is 3. The monoisotopic (exact) mass is 1690 g/mol. The van der Waals surface area contributed by atoms with Crippen LogP contribution in [-0.4, -0.2) is 0 Å². The molecule has 1 aliphatic rings. The third-order valence-electron chi connectivity index (χ3n) is 21.9. The summed E-state index contributed by atoms with van der Waals surface area (Å²) in [6.07, 6.45) is 1.94. The summed E-state index contributed by atoms with van der Waals surface area (Å²) in [5.41, 5.74) is 25.5. The van der Waals surface area contributed by atoms with Gasteiger partial charge in [0.15, 0.2) is 0 Å². The van der Waals surface area contributed by atoms with Gasteiger partial charge in [0.05, 0.1) is 0 Å². The summed E-state index contributed by atoms with van der Waals surface area (Å²) in [5, 5.41) is 9.94. The molecule has 0 saturated carbocycles. The van der Waals surface area contributed by atoms with E-state index in [1.807, 2.05) is 53.0 Å². The summed E-state index contributed by atoms with van der Waals surface area (Å²) in [7, 11) is 0. The Labute approximate surface area is 696 Å². The highest BCUT2D eigenvalue weighted by atomic mass is 79.9. The molecule has 17 aromatic carbocycles. The van der Waals surface area contributed by atoms with E-state index in [-0.39, 0.29) is 5.41 Å². The number of hydrogen-bond donors (Lipinski definition) is 0. The summed E-state index contributed by atoms with van der Waals surface area (Å²) in [5.74, 6) is 0. The van der Waals surface area contributed by atoms with E-state index in [0.717, 1.165) is 103 Å². The zero-order chi connectivity index (χ0) is 77.0. The Balaban J connectivity index is 0.000000118. The van der Waals surface area contributed by atoms with Crippen molar-refractivity contribution in [3.05, 3.63) is 419 Å². The molecule has 546 valence electrons. The molecule has 20 aromatic rings. The van der Waals surface area contributed by atoms with Crippen molar-refractivity contribution in [2.45, 2.75) is 19.3 Å². The van der Waals surface area contributed by atoms with Crippen LogP contribution in [0.2, 0.25) is 0 Å². The van der Waals surface area contributed by atoms with Crippen molar-refractivity contribution in [2.75, 3.05) is 14.7 Å². The molecule has 0 unspecified atom stereocenters. The van der Waals surface area contributed by atoms with Crippen LogP contribution in [0.15, 0.2) is 407 Å². The Hall–Kier alpha value is -12.2. The zero-order valence-electron chi connectivity index (χ0n) is 62.4. The molecule has 21 rings (SSSR count). The van der Waals surface area contributed by atoms with Gasteiger partial charge in [-0.05, 0) is 266 Å². The molecular formula is C105H72Br3N3OS2. The SMILES string of the molecule is Brc1ccc2oc3cc(-c4cccc(N(c5ccccc5)c5ccccc5)c4)ccc3c2c1.Brc1ccc2sc3ccc(-c4ccc(N(c5ccccc5)c5ccccc5)cc4)cc3c2c1.C=Cc1ccc2c(c1)C(C)(C)c1cc(N(c3ccccc3)c3cc(-c4ccc5c(c4)sc4ccc(Br)cc45)c4ccccc4c3)ccc1-2. The van der Waals surface area contributed by atoms with E-state index in [0.29, 0.717) is 0 Å². The molecule has 0 atom stereocenters. The summed E-state index contributed by atoms with van der Waals surface area (Å²) < 4.78 is 14.7. The second kappa shape index (κ2) is 30.7. The molecule has 9 heteroatoms. The summed E-state index contributed by atoms with van der Waals surface area (Å²) in [4.78, 5) is 6.98. The zero-order valence-corrected chi connectivity index (χ0v) is 68.7. The molecule has 3 heterocycles. The maximum atomic E-state index is 6.15. The van der Waals surface area contributed by atoms with E-state index in [2.05, 4.69) is 441 Å². The summed E-state index contributed by atoms with van der Waals surface area (Å²) in [6.45, 7) is 8.72. The van der Waals surface area contributed by atoms with Gasteiger partial charge in [0, 0.05) is 121 Å². The van der Waals surface area contributed by atoms with Crippen molar-refractivity contribution < 1.29 is 4.42 Å². The largest absolute Gasteiger partial charge is 0.456 e. The van der Waals surface area contributed by atoms with Crippen molar-refractivity contribution >= 4 is 201 Å². The third kappa shape index (κ3) is 13.9. The van der Waals surface area contributed by atoms with Crippen molar-refractivity contribution in [2.24, 2.45) is 0 Å². The average molecular weight is 1700 g/mol. The van der Waals surface area contributed by atoms with E-state index in [4.69, 9.17) is 4.42 Å². The van der Waals surface area contributed by atoms with E-state index >= 15 is 0 Å². The minimum atomic E-state index is -0.133. The molecule has 114 heavy (non-hydrogen) atoms. The van der Waals surface area contributed by atoms with Gasteiger partial charge >= 0.3 is 0 Å². The van der Waals surface area contributed by atoms with Crippen LogP contribution in [0.4, 0.5) is 51.2 Å². The first-order chi connectivity index (χ1) is 55.9. The first-order valence-corrected chi connectivity index (χ1v) is 42.1. The van der Waals surface area contributed by atoms with Crippen molar-refractivity contribution in [3.8, 4) is 44.5 Å². The van der Waals surface area contributed by atoms with Gasteiger partial charge in [0.25, 0.3) is 0 Å². The van der Waals surface area contributed by atoms with Gasteiger partial charge in [-0.2, -0.15) is 0 Å². The molecule has 0 spiro atoms. The van der Waals surface area contributed by atoms with Gasteiger partial charge < -0.3 is 19.1 Å². The topological polar surface area (TPSA) is 22.9 Å². The smallest absolute Gasteiger partial charge is 0.136 e. The van der Waals surface area contributed by atoms with Crippen LogP contribution in [-0.2, 0) is 5.41 Å². The van der Waals surface area contributed by atoms with Crippen LogP contribution in [0.5, 0.6) is 0 Å². The number of hydrogen-bond acceptors (Lipinski definition) is 6. The Bertz CT molecular complexity index is 6940. The lowest BCUT2D eigenvalue weighted by molar-refractivity contribution is 0.660. The van der Waals surface area contributed by atoms with Gasteiger partial charge in [0.1, 0.15) is 11.2 Å². The number of rotatable bonds is 13. The number of benzene rings is 17. The number of halogens is 3. The summed E-state index contributed by atoms with van der Waals surface area (Å²) in [6, 6.07) is 137. The van der Waals surface area contributed by atoms with Crippen LogP contribution in [0.3, 0.4) is 0 Å². The van der Waals surface area contributed by atoms with Crippen molar-refractivity contribution in [1.82, 2.24) is 0 Å². The molecule has 0 radical (unpaired) electrons. The summed E-state index contributed by atoms with van der Waals surface area (Å²) >= 11 is 14.6. The standard InChI is InChI=1S/C45H32BrNS.C30H20BrNO.C30H20BrNS/c1-4-28-14-18-36-37-20-17-33(27-42(37)45(2,3)41(36)22-28)47(32-11-6-5-7-12-32)34-23-29-10-8-9-13-35(29)39(26-34)30-15-19-38-40-25-31(46)16-21-43(40)48-44(38)24-30;31-23-15-17-29-28(20-23)27-16-14-22(19-30(27)33-29)21-8-7-13-26(18-21)32(24-9-3-1-4-10-24)25-11-5-2-6-12-25;31-23-14-18-30-28(20-23)27-19-22(13-17-29(27)33-30)21-11-15-26(16-12-21)32(24-7-3-1-4-8-24)25-9-5-2-6-10-25/h4-27H,1H2,2-3H3;2*1-20H. The van der Waals surface area contributed by atoms with E-state index in [1.165, 1.54) is 95.6 Å². The lowest BCUT2D eigenvalue weighted by Gasteiger charge is -2.29. The van der Waals surface area contributed by atoms with Gasteiger partial charge in [-0.1, -0.05) is 262 Å². The van der Waals surface area contributed by atoms with E-state index < -0.39 is 0 Å². The highest BCUT2D eigenvalue weighted by Crippen LogP contribution is 2.53. The van der Waals surface area contributed by atoms with Gasteiger partial charge in [-0.3, -0.25) is 0 Å². The van der Waals surface area contributed by atoms with Crippen LogP contribution >= 0.6 is 70.5 Å². The second-order valence-electron chi connectivity index (χ2n) is 29.2. The van der Waals surface area contributed by atoms with Gasteiger partial charge in [-0.25, -0.2) is 0 Å². The highest BCUT2D eigenvalue weighted by molar-refractivity contribution is 9.11. The quantitative estimate of drug-likeness (QED) is 0.115. The predicted octanol–water partition coefficient (Wildman–Crippen LogP) is 33.5. The molecule has 3 aromatic heterocycles. The fourth-order valence-corrected chi connectivity index (χ4v) is 19.6. The van der Waals surface area contributed by atoms with Crippen LogP contribution in [0.1, 0.15) is 30.5 Å². The molecular weight excluding hydrogens is 1620 g/mol. The maximum absolute atomic E-state index is 6.15. The van der Waals surface area contributed by atoms with E-state index in [9.17, 15) is 0 Å². The van der Waals surface area contributed by atoms with Gasteiger partial charge in [-0.15, -0.1) is 22.7 Å².